The van der Waals surface area contributed by atoms with E-state index in [1.165, 1.54) is 12.7 Å². The molecule has 130 valence electrons. The number of hydrogen-bond donors (Lipinski definition) is 2. The zero-order valence-corrected chi connectivity index (χ0v) is 14.7. The van der Waals surface area contributed by atoms with Crippen molar-refractivity contribution in [1.29, 1.82) is 0 Å². The molecule has 0 saturated heterocycles. The Bertz CT molecular complexity index is 632. The van der Waals surface area contributed by atoms with Gasteiger partial charge in [-0.25, -0.2) is 0 Å². The van der Waals surface area contributed by atoms with E-state index in [2.05, 4.69) is 13.8 Å². The summed E-state index contributed by atoms with van der Waals surface area (Å²) in [6, 6.07) is 14.7. The fourth-order valence-electron chi connectivity index (χ4n) is 2.19. The third kappa shape index (κ3) is 6.32. The second-order valence-electron chi connectivity index (χ2n) is 6.07. The molecule has 0 aliphatic heterocycles. The fraction of sp³-hybridized carbons (Fsp3) is 0.350. The molecule has 0 fully saturated rings. The second-order valence-corrected chi connectivity index (χ2v) is 6.07. The summed E-state index contributed by atoms with van der Waals surface area (Å²) in [6.07, 6.45) is 1.04. The van der Waals surface area contributed by atoms with Gasteiger partial charge in [-0.05, 0) is 42.5 Å². The highest BCUT2D eigenvalue weighted by Crippen LogP contribution is 2.23. The van der Waals surface area contributed by atoms with Crippen molar-refractivity contribution in [2.24, 2.45) is 5.92 Å². The quantitative estimate of drug-likeness (QED) is 0.848. The molecule has 2 aromatic carbocycles. The average Bonchev–Trinajstić information content (AvgIpc) is 2.55. The lowest BCUT2D eigenvalue weighted by molar-refractivity contribution is -0.138. The Labute approximate surface area is 143 Å². The molecule has 1 unspecified atom stereocenters. The van der Waals surface area contributed by atoms with Crippen LogP contribution in [0.5, 0.6) is 11.5 Å². The predicted molar refractivity (Wildman–Crippen MR) is 95.7 cm³/mol. The van der Waals surface area contributed by atoms with Crippen molar-refractivity contribution in [3.05, 3.63) is 59.7 Å². The van der Waals surface area contributed by atoms with Crippen molar-refractivity contribution >= 4 is 5.97 Å². The Balaban J connectivity index is 0.000000272. The molecule has 0 aliphatic rings. The first-order chi connectivity index (χ1) is 11.3. The number of carboxylic acids is 1. The van der Waals surface area contributed by atoms with Crippen molar-refractivity contribution in [3.8, 4) is 11.5 Å². The van der Waals surface area contributed by atoms with E-state index < -0.39 is 11.9 Å². The van der Waals surface area contributed by atoms with Gasteiger partial charge in [0.1, 0.15) is 0 Å². The summed E-state index contributed by atoms with van der Waals surface area (Å²) in [5.74, 6) is 0.134. The molecule has 0 bridgehead atoms. The van der Waals surface area contributed by atoms with Gasteiger partial charge in [-0.1, -0.05) is 50.2 Å². The summed E-state index contributed by atoms with van der Waals surface area (Å²) in [5.41, 5.74) is 2.14. The number of carbonyl (C=O) groups is 1. The van der Waals surface area contributed by atoms with Gasteiger partial charge in [-0.15, -0.1) is 0 Å². The number of benzene rings is 2. The molecule has 2 N–H and O–H groups in total. The summed E-state index contributed by atoms with van der Waals surface area (Å²) < 4.78 is 4.79. The maximum absolute atomic E-state index is 10.8. The molecule has 0 saturated carbocycles. The van der Waals surface area contributed by atoms with Crippen LogP contribution in [0.3, 0.4) is 0 Å². The van der Waals surface area contributed by atoms with E-state index in [0.29, 0.717) is 11.7 Å². The normalized spacial score (nSPS) is 11.4. The number of phenols is 1. The Morgan fingerprint density at radius 1 is 1.04 bits per heavy atom. The van der Waals surface area contributed by atoms with Gasteiger partial charge in [-0.3, -0.25) is 4.79 Å². The van der Waals surface area contributed by atoms with Gasteiger partial charge in [0.2, 0.25) is 0 Å². The maximum atomic E-state index is 10.8. The number of para-hydroxylation sites is 2. The molecule has 2 rings (SSSR count). The van der Waals surface area contributed by atoms with Gasteiger partial charge in [0, 0.05) is 0 Å². The Morgan fingerprint density at radius 3 is 2.04 bits per heavy atom. The van der Waals surface area contributed by atoms with Gasteiger partial charge in [0.05, 0.1) is 13.0 Å². The van der Waals surface area contributed by atoms with Gasteiger partial charge in [-0.2, -0.15) is 0 Å². The van der Waals surface area contributed by atoms with E-state index >= 15 is 0 Å². The van der Waals surface area contributed by atoms with Crippen LogP contribution in [0.1, 0.15) is 37.8 Å². The number of rotatable bonds is 5. The smallest absolute Gasteiger partial charge is 0.310 e. The summed E-state index contributed by atoms with van der Waals surface area (Å²) in [5, 5.41) is 17.8. The predicted octanol–water partition coefficient (Wildman–Crippen LogP) is 4.47. The van der Waals surface area contributed by atoms with E-state index in [0.717, 1.165) is 12.0 Å². The molecule has 0 radical (unpaired) electrons. The highest BCUT2D eigenvalue weighted by molar-refractivity contribution is 5.75. The largest absolute Gasteiger partial charge is 0.504 e. The van der Waals surface area contributed by atoms with E-state index in [9.17, 15) is 4.79 Å². The molecular formula is C20H26O4. The lowest BCUT2D eigenvalue weighted by Gasteiger charge is -2.09. The van der Waals surface area contributed by atoms with Gasteiger partial charge >= 0.3 is 5.97 Å². The average molecular weight is 330 g/mol. The Kier molecular flexibility index (Phi) is 7.83. The minimum Gasteiger partial charge on any atom is -0.504 e. The Morgan fingerprint density at radius 2 is 1.62 bits per heavy atom. The van der Waals surface area contributed by atoms with Gasteiger partial charge in [0.25, 0.3) is 0 Å². The molecule has 24 heavy (non-hydrogen) atoms. The number of phenolic OH excluding ortho intramolecular Hbond substituents is 1. The van der Waals surface area contributed by atoms with E-state index in [4.69, 9.17) is 14.9 Å². The maximum Gasteiger partial charge on any atom is 0.310 e. The van der Waals surface area contributed by atoms with Crippen LogP contribution >= 0.6 is 0 Å². The monoisotopic (exact) mass is 330 g/mol. The lowest BCUT2D eigenvalue weighted by atomic mass is 9.97. The summed E-state index contributed by atoms with van der Waals surface area (Å²) in [4.78, 5) is 10.8. The van der Waals surface area contributed by atoms with Crippen LogP contribution in [-0.2, 0) is 11.2 Å². The zero-order chi connectivity index (χ0) is 18.1. The molecule has 0 amide bonds. The molecule has 0 spiro atoms. The van der Waals surface area contributed by atoms with Crippen LogP contribution in [-0.4, -0.2) is 23.3 Å². The van der Waals surface area contributed by atoms with Crippen molar-refractivity contribution in [3.63, 3.8) is 0 Å². The highest BCUT2D eigenvalue weighted by atomic mass is 16.5. The van der Waals surface area contributed by atoms with E-state index in [1.54, 1.807) is 31.2 Å². The van der Waals surface area contributed by atoms with Gasteiger partial charge < -0.3 is 14.9 Å². The van der Waals surface area contributed by atoms with Gasteiger partial charge in [0.15, 0.2) is 11.5 Å². The van der Waals surface area contributed by atoms with Crippen LogP contribution < -0.4 is 4.74 Å². The van der Waals surface area contributed by atoms with Crippen molar-refractivity contribution < 1.29 is 19.7 Å². The number of aliphatic carboxylic acids is 1. The van der Waals surface area contributed by atoms with Crippen molar-refractivity contribution in [2.45, 2.75) is 33.1 Å². The summed E-state index contributed by atoms with van der Waals surface area (Å²) in [7, 11) is 1.52. The zero-order valence-electron chi connectivity index (χ0n) is 14.7. The first-order valence-electron chi connectivity index (χ1n) is 7.98. The molecule has 0 aromatic heterocycles. The number of aromatic hydroxyl groups is 1. The fourth-order valence-corrected chi connectivity index (χ4v) is 2.19. The summed E-state index contributed by atoms with van der Waals surface area (Å²) in [6.45, 7) is 6.06. The molecule has 2 aromatic rings. The number of hydrogen-bond acceptors (Lipinski definition) is 3. The third-order valence-electron chi connectivity index (χ3n) is 3.58. The third-order valence-corrected chi connectivity index (χ3v) is 3.58. The highest BCUT2D eigenvalue weighted by Gasteiger charge is 2.12. The van der Waals surface area contributed by atoms with Crippen molar-refractivity contribution in [2.75, 3.05) is 7.11 Å². The number of methoxy groups -OCH3 is 1. The van der Waals surface area contributed by atoms with Crippen molar-refractivity contribution in [1.82, 2.24) is 0 Å². The lowest BCUT2D eigenvalue weighted by Crippen LogP contribution is -2.07. The topological polar surface area (TPSA) is 66.8 Å². The van der Waals surface area contributed by atoms with Crippen LogP contribution in [0.2, 0.25) is 0 Å². The second kappa shape index (κ2) is 9.60. The van der Waals surface area contributed by atoms with Crippen LogP contribution in [0.25, 0.3) is 0 Å². The van der Waals surface area contributed by atoms with E-state index in [-0.39, 0.29) is 5.75 Å². The first-order valence-corrected chi connectivity index (χ1v) is 7.98. The minimum atomic E-state index is -0.772. The SMILES string of the molecule is CC(C)Cc1ccc(C(C)C(=O)O)cc1.COc1ccccc1O. The van der Waals surface area contributed by atoms with Crippen LogP contribution in [0.15, 0.2) is 48.5 Å². The summed E-state index contributed by atoms with van der Waals surface area (Å²) >= 11 is 0. The number of carboxylic acid groups (broad SMARTS) is 1. The standard InChI is InChI=1S/C13H18O2.C7H8O2/c1-9(2)8-11-4-6-12(7-5-11)10(3)13(14)15;1-9-7-5-3-2-4-6(7)8/h4-7,9-10H,8H2,1-3H3,(H,14,15);2-5,8H,1H3. The number of ether oxygens (including phenoxy) is 1. The molecule has 4 heteroatoms. The molecule has 1 atom stereocenters. The Hall–Kier alpha value is -2.49. The molecule has 0 aliphatic carbocycles. The minimum absolute atomic E-state index is 0.181. The molecule has 4 nitrogen and oxygen atoms in total. The van der Waals surface area contributed by atoms with E-state index in [1.807, 2.05) is 24.3 Å². The molecule has 0 heterocycles. The van der Waals surface area contributed by atoms with Crippen LogP contribution in [0, 0.1) is 5.92 Å². The molecular weight excluding hydrogens is 304 g/mol. The first kappa shape index (κ1) is 19.6. The van der Waals surface area contributed by atoms with Crippen LogP contribution in [0.4, 0.5) is 0 Å².